The number of phenols is 1. The number of hydrogen-bond donors (Lipinski definition) is 2. The minimum absolute atomic E-state index is 0.0880. The summed E-state index contributed by atoms with van der Waals surface area (Å²) >= 11 is 0. The van der Waals surface area contributed by atoms with Crippen molar-refractivity contribution in [3.05, 3.63) is 58.0 Å². The van der Waals surface area contributed by atoms with Gasteiger partial charge in [0.1, 0.15) is 5.75 Å². The molecule has 0 unspecified atom stereocenters. The van der Waals surface area contributed by atoms with Gasteiger partial charge >= 0.3 is 5.97 Å². The summed E-state index contributed by atoms with van der Waals surface area (Å²) in [5, 5.41) is 18.7. The molecule has 0 aliphatic rings. The number of aromatic nitrogens is 1. The first-order valence-corrected chi connectivity index (χ1v) is 6.84. The van der Waals surface area contributed by atoms with Crippen molar-refractivity contribution in [3.63, 3.8) is 0 Å². The van der Waals surface area contributed by atoms with Gasteiger partial charge in [0.2, 0.25) is 5.43 Å². The van der Waals surface area contributed by atoms with Crippen molar-refractivity contribution < 1.29 is 19.7 Å². The van der Waals surface area contributed by atoms with Crippen LogP contribution in [0.25, 0.3) is 0 Å². The Bertz CT molecular complexity index is 718. The molecule has 0 radical (unpaired) electrons. The Morgan fingerprint density at radius 1 is 1.18 bits per heavy atom. The van der Waals surface area contributed by atoms with E-state index in [1.165, 1.54) is 30.3 Å². The molecule has 0 spiro atoms. The quantitative estimate of drug-likeness (QED) is 0.649. The maximum atomic E-state index is 11.7. The van der Waals surface area contributed by atoms with Gasteiger partial charge in [-0.2, -0.15) is 0 Å². The van der Waals surface area contributed by atoms with E-state index >= 15 is 0 Å². The number of hydrogen-bond acceptors (Lipinski definition) is 5. The molecule has 0 fully saturated rings. The minimum Gasteiger partial charge on any atom is -0.508 e. The predicted octanol–water partition coefficient (Wildman–Crippen LogP) is 1.82. The van der Waals surface area contributed by atoms with E-state index in [4.69, 9.17) is 9.84 Å². The predicted molar refractivity (Wildman–Crippen MR) is 80.1 cm³/mol. The van der Waals surface area contributed by atoms with Gasteiger partial charge in [-0.15, -0.1) is 0 Å². The molecule has 6 heteroatoms. The van der Waals surface area contributed by atoms with Crippen LogP contribution in [0.3, 0.4) is 0 Å². The lowest BCUT2D eigenvalue weighted by Crippen LogP contribution is -2.12. The number of rotatable bonds is 5. The van der Waals surface area contributed by atoms with E-state index in [0.717, 1.165) is 0 Å². The fraction of sp³-hybridized carbons (Fsp3) is 0.250. The number of ether oxygens (including phenoxy) is 1. The molecule has 116 valence electrons. The zero-order valence-electron chi connectivity index (χ0n) is 12.2. The zero-order chi connectivity index (χ0) is 16.1. The second-order valence-corrected chi connectivity index (χ2v) is 4.84. The van der Waals surface area contributed by atoms with Crippen LogP contribution >= 0.6 is 0 Å². The van der Waals surface area contributed by atoms with E-state index in [9.17, 15) is 14.7 Å². The average Bonchev–Trinajstić information content (AvgIpc) is 2.51. The van der Waals surface area contributed by atoms with Gasteiger partial charge in [0.25, 0.3) is 0 Å². The first-order valence-electron chi connectivity index (χ1n) is 6.84. The van der Waals surface area contributed by atoms with Crippen molar-refractivity contribution in [3.8, 4) is 11.5 Å². The molecule has 2 aromatic rings. The van der Waals surface area contributed by atoms with Gasteiger partial charge in [-0.3, -0.25) is 4.79 Å². The summed E-state index contributed by atoms with van der Waals surface area (Å²) in [6.07, 6.45) is 2.14. The molecule has 22 heavy (non-hydrogen) atoms. The molecule has 0 aliphatic heterocycles. The lowest BCUT2D eigenvalue weighted by molar-refractivity contribution is 0.0495. The third-order valence-electron chi connectivity index (χ3n) is 3.29. The van der Waals surface area contributed by atoms with Crippen LogP contribution in [0.4, 0.5) is 0 Å². The number of phenolic OH excluding ortho intramolecular Hbond substituents is 1. The zero-order valence-corrected chi connectivity index (χ0v) is 12.2. The van der Waals surface area contributed by atoms with E-state index in [1.807, 2.05) is 0 Å². The lowest BCUT2D eigenvalue weighted by atomic mass is 10.2. The molecule has 0 amide bonds. The standard InChI is InChI=1S/C16H17NO5/c1-11-15(20)14(19)7-9-17(11)8-2-10-22-16(21)12-3-5-13(18)6-4-12/h3-7,9,18,20H,2,8,10H2,1H3. The van der Waals surface area contributed by atoms with E-state index in [2.05, 4.69) is 0 Å². The maximum absolute atomic E-state index is 11.7. The highest BCUT2D eigenvalue weighted by Crippen LogP contribution is 2.12. The Hall–Kier alpha value is -2.76. The summed E-state index contributed by atoms with van der Waals surface area (Å²) in [5.41, 5.74) is 0.444. The number of carbonyl (C=O) groups is 1. The third-order valence-corrected chi connectivity index (χ3v) is 3.29. The summed E-state index contributed by atoms with van der Waals surface area (Å²) in [6, 6.07) is 7.11. The normalized spacial score (nSPS) is 10.4. The van der Waals surface area contributed by atoms with E-state index < -0.39 is 11.4 Å². The first-order chi connectivity index (χ1) is 10.5. The second kappa shape index (κ2) is 6.80. The Labute approximate surface area is 127 Å². The topological polar surface area (TPSA) is 88.8 Å². The van der Waals surface area contributed by atoms with Gasteiger partial charge in [-0.05, 0) is 37.6 Å². The van der Waals surface area contributed by atoms with Crippen LogP contribution in [0.2, 0.25) is 0 Å². The van der Waals surface area contributed by atoms with Crippen LogP contribution in [0.15, 0.2) is 41.3 Å². The highest BCUT2D eigenvalue weighted by atomic mass is 16.5. The van der Waals surface area contributed by atoms with Gasteiger partial charge in [-0.25, -0.2) is 4.79 Å². The number of aromatic hydroxyl groups is 2. The van der Waals surface area contributed by atoms with Crippen LogP contribution in [0.1, 0.15) is 22.5 Å². The monoisotopic (exact) mass is 303 g/mol. The number of nitrogens with zero attached hydrogens (tertiary/aromatic N) is 1. The van der Waals surface area contributed by atoms with Crippen LogP contribution in [-0.2, 0) is 11.3 Å². The van der Waals surface area contributed by atoms with Gasteiger partial charge in [0.05, 0.1) is 17.9 Å². The van der Waals surface area contributed by atoms with E-state index in [-0.39, 0.29) is 18.1 Å². The summed E-state index contributed by atoms with van der Waals surface area (Å²) in [4.78, 5) is 23.0. The number of esters is 1. The van der Waals surface area contributed by atoms with Crippen LogP contribution in [0, 0.1) is 6.92 Å². The molecule has 1 heterocycles. The first kappa shape index (κ1) is 15.6. The molecule has 0 aliphatic carbocycles. The SMILES string of the molecule is Cc1c(O)c(=O)ccn1CCCOC(=O)c1ccc(O)cc1. The van der Waals surface area contributed by atoms with Crippen molar-refractivity contribution in [2.45, 2.75) is 19.9 Å². The fourth-order valence-corrected chi connectivity index (χ4v) is 1.99. The number of benzene rings is 1. The molecule has 0 atom stereocenters. The number of pyridine rings is 1. The molecular weight excluding hydrogens is 286 g/mol. The number of carbonyl (C=O) groups excluding carboxylic acids is 1. The van der Waals surface area contributed by atoms with Crippen molar-refractivity contribution in [1.82, 2.24) is 4.57 Å². The van der Waals surface area contributed by atoms with Crippen LogP contribution in [-0.4, -0.2) is 27.4 Å². The number of aryl methyl sites for hydroxylation is 1. The van der Waals surface area contributed by atoms with E-state index in [1.54, 1.807) is 17.7 Å². The molecule has 0 saturated heterocycles. The Morgan fingerprint density at radius 3 is 2.55 bits per heavy atom. The smallest absolute Gasteiger partial charge is 0.338 e. The van der Waals surface area contributed by atoms with Crippen molar-refractivity contribution in [1.29, 1.82) is 0 Å². The molecule has 6 nitrogen and oxygen atoms in total. The van der Waals surface area contributed by atoms with Crippen molar-refractivity contribution >= 4 is 5.97 Å². The third kappa shape index (κ3) is 3.66. The molecule has 0 bridgehead atoms. The van der Waals surface area contributed by atoms with Gasteiger partial charge < -0.3 is 19.5 Å². The molecule has 1 aromatic carbocycles. The fourth-order valence-electron chi connectivity index (χ4n) is 1.99. The average molecular weight is 303 g/mol. The summed E-state index contributed by atoms with van der Waals surface area (Å²) in [6.45, 7) is 2.38. The largest absolute Gasteiger partial charge is 0.508 e. The van der Waals surface area contributed by atoms with Crippen molar-refractivity contribution in [2.75, 3.05) is 6.61 Å². The molecule has 2 N–H and O–H groups in total. The molecular formula is C16H17NO5. The second-order valence-electron chi connectivity index (χ2n) is 4.84. The Balaban J connectivity index is 1.85. The van der Waals surface area contributed by atoms with Gasteiger partial charge in [0, 0.05) is 18.8 Å². The highest BCUT2D eigenvalue weighted by Gasteiger charge is 2.08. The highest BCUT2D eigenvalue weighted by molar-refractivity contribution is 5.89. The van der Waals surface area contributed by atoms with Crippen LogP contribution in [0.5, 0.6) is 11.5 Å². The van der Waals surface area contributed by atoms with E-state index in [0.29, 0.717) is 24.2 Å². The summed E-state index contributed by atoms with van der Waals surface area (Å²) in [5.74, 6) is -0.631. The van der Waals surface area contributed by atoms with Crippen LogP contribution < -0.4 is 5.43 Å². The molecule has 1 aromatic heterocycles. The minimum atomic E-state index is -0.459. The lowest BCUT2D eigenvalue weighted by Gasteiger charge is -2.11. The van der Waals surface area contributed by atoms with Gasteiger partial charge in [0.15, 0.2) is 5.75 Å². The maximum Gasteiger partial charge on any atom is 0.338 e. The summed E-state index contributed by atoms with van der Waals surface area (Å²) < 4.78 is 6.85. The Kier molecular flexibility index (Phi) is 4.83. The summed E-state index contributed by atoms with van der Waals surface area (Å²) in [7, 11) is 0. The van der Waals surface area contributed by atoms with Gasteiger partial charge in [-0.1, -0.05) is 0 Å². The molecule has 0 saturated carbocycles. The Morgan fingerprint density at radius 2 is 1.86 bits per heavy atom. The molecule has 2 rings (SSSR count). The van der Waals surface area contributed by atoms with Crippen molar-refractivity contribution in [2.24, 2.45) is 0 Å².